The van der Waals surface area contributed by atoms with Crippen LogP contribution in [0.5, 0.6) is 5.75 Å². The van der Waals surface area contributed by atoms with Gasteiger partial charge in [0, 0.05) is 44.3 Å². The van der Waals surface area contributed by atoms with Gasteiger partial charge in [-0.3, -0.25) is 4.99 Å². The molecular weight excluding hydrogens is 467 g/mol. The van der Waals surface area contributed by atoms with Crippen LogP contribution < -0.4 is 15.4 Å². The number of benzene rings is 1. The first kappa shape index (κ1) is 21.7. The van der Waals surface area contributed by atoms with Crippen molar-refractivity contribution in [2.24, 2.45) is 4.99 Å². The Morgan fingerprint density at radius 2 is 1.96 bits per heavy atom. The van der Waals surface area contributed by atoms with Gasteiger partial charge in [-0.25, -0.2) is 9.67 Å². The Morgan fingerprint density at radius 1 is 1.14 bits per heavy atom. The first-order valence-electron chi connectivity index (χ1n) is 8.72. The monoisotopic (exact) mass is 492 g/mol. The molecule has 3 aromatic rings. The van der Waals surface area contributed by atoms with Crippen LogP contribution in [0.1, 0.15) is 16.7 Å². The van der Waals surface area contributed by atoms with Crippen molar-refractivity contribution < 1.29 is 4.74 Å². The molecule has 0 spiro atoms. The lowest BCUT2D eigenvalue weighted by molar-refractivity contribution is 0.408. The fourth-order valence-corrected chi connectivity index (χ4v) is 2.68. The molecule has 0 aliphatic heterocycles. The lowest BCUT2D eigenvalue weighted by Gasteiger charge is -2.14. The minimum absolute atomic E-state index is 0. The summed E-state index contributed by atoms with van der Waals surface area (Å²) < 4.78 is 7.19. The second kappa shape index (κ2) is 10.6. The van der Waals surface area contributed by atoms with Gasteiger partial charge in [-0.1, -0.05) is 12.1 Å². The summed E-state index contributed by atoms with van der Waals surface area (Å²) in [5.74, 6) is 2.37. The van der Waals surface area contributed by atoms with Crippen molar-refractivity contribution in [2.75, 3.05) is 14.2 Å². The Labute approximate surface area is 182 Å². The van der Waals surface area contributed by atoms with Crippen molar-refractivity contribution in [1.29, 1.82) is 0 Å². The average molecular weight is 492 g/mol. The topological polar surface area (TPSA) is 76.4 Å². The van der Waals surface area contributed by atoms with E-state index < -0.39 is 0 Å². The number of nitrogens with one attached hydrogen (secondary N) is 2. The lowest BCUT2D eigenvalue weighted by Crippen LogP contribution is -2.36. The standard InChI is InChI=1S/C20H24N6O.HI/c1-15-5-6-17(18(11-15)27-3)14-24-20(21-2)23-13-16-7-9-22-19(12-16)26-10-4-8-25-26;/h4-12H,13-14H2,1-3H3,(H2,21,23,24);1H. The van der Waals surface area contributed by atoms with Gasteiger partial charge in [0.2, 0.25) is 0 Å². The highest BCUT2D eigenvalue weighted by Crippen LogP contribution is 2.19. The van der Waals surface area contributed by atoms with E-state index in [2.05, 4.69) is 37.8 Å². The van der Waals surface area contributed by atoms with Crippen molar-refractivity contribution in [1.82, 2.24) is 25.4 Å². The average Bonchev–Trinajstić information content (AvgIpc) is 3.24. The maximum Gasteiger partial charge on any atom is 0.191 e. The highest BCUT2D eigenvalue weighted by Gasteiger charge is 2.06. The molecule has 148 valence electrons. The highest BCUT2D eigenvalue weighted by atomic mass is 127. The minimum Gasteiger partial charge on any atom is -0.496 e. The molecule has 0 radical (unpaired) electrons. The summed E-state index contributed by atoms with van der Waals surface area (Å²) in [6.07, 6.45) is 5.38. The SMILES string of the molecule is CN=C(NCc1ccnc(-n2cccn2)c1)NCc1ccc(C)cc1OC.I. The number of pyridine rings is 1. The summed E-state index contributed by atoms with van der Waals surface area (Å²) >= 11 is 0. The number of nitrogens with zero attached hydrogens (tertiary/aromatic N) is 4. The molecule has 0 aliphatic carbocycles. The van der Waals surface area contributed by atoms with Crippen molar-refractivity contribution in [3.05, 3.63) is 71.7 Å². The molecule has 7 nitrogen and oxygen atoms in total. The molecule has 0 saturated heterocycles. The van der Waals surface area contributed by atoms with Gasteiger partial charge in [0.1, 0.15) is 5.75 Å². The molecule has 0 amide bonds. The van der Waals surface area contributed by atoms with Crippen LogP contribution in [0.25, 0.3) is 5.82 Å². The number of rotatable bonds is 6. The highest BCUT2D eigenvalue weighted by molar-refractivity contribution is 14.0. The van der Waals surface area contributed by atoms with Gasteiger partial charge >= 0.3 is 0 Å². The summed E-state index contributed by atoms with van der Waals surface area (Å²) in [4.78, 5) is 8.63. The van der Waals surface area contributed by atoms with Gasteiger partial charge in [-0.05, 0) is 42.3 Å². The van der Waals surface area contributed by atoms with E-state index in [1.807, 2.05) is 37.4 Å². The van der Waals surface area contributed by atoms with E-state index in [-0.39, 0.29) is 24.0 Å². The predicted octanol–water partition coefficient (Wildman–Crippen LogP) is 3.07. The molecule has 3 rings (SSSR count). The fourth-order valence-electron chi connectivity index (χ4n) is 2.68. The van der Waals surface area contributed by atoms with E-state index in [9.17, 15) is 0 Å². The van der Waals surface area contributed by atoms with E-state index in [1.54, 1.807) is 31.2 Å². The molecule has 0 unspecified atom stereocenters. The van der Waals surface area contributed by atoms with Crippen LogP contribution >= 0.6 is 24.0 Å². The van der Waals surface area contributed by atoms with E-state index >= 15 is 0 Å². The van der Waals surface area contributed by atoms with Crippen LogP contribution in [0.15, 0.2) is 60.0 Å². The Bertz CT molecular complexity index is 911. The third-order valence-electron chi connectivity index (χ3n) is 4.12. The van der Waals surface area contributed by atoms with Crippen LogP contribution in [-0.2, 0) is 13.1 Å². The number of aromatic nitrogens is 3. The molecule has 0 aliphatic rings. The largest absolute Gasteiger partial charge is 0.496 e. The smallest absolute Gasteiger partial charge is 0.191 e. The van der Waals surface area contributed by atoms with Crippen molar-refractivity contribution in [3.8, 4) is 11.6 Å². The molecule has 2 aromatic heterocycles. The van der Waals surface area contributed by atoms with E-state index in [1.165, 1.54) is 5.56 Å². The van der Waals surface area contributed by atoms with Gasteiger partial charge in [0.15, 0.2) is 11.8 Å². The van der Waals surface area contributed by atoms with Gasteiger partial charge in [-0.2, -0.15) is 5.10 Å². The molecule has 8 heteroatoms. The Morgan fingerprint density at radius 3 is 2.68 bits per heavy atom. The van der Waals surface area contributed by atoms with Gasteiger partial charge < -0.3 is 15.4 Å². The second-order valence-electron chi connectivity index (χ2n) is 6.07. The van der Waals surface area contributed by atoms with Crippen LogP contribution in [-0.4, -0.2) is 34.9 Å². The summed E-state index contributed by atoms with van der Waals surface area (Å²) in [5.41, 5.74) is 3.34. The summed E-state index contributed by atoms with van der Waals surface area (Å²) in [6.45, 7) is 3.30. The van der Waals surface area contributed by atoms with Crippen LogP contribution in [0.4, 0.5) is 0 Å². The van der Waals surface area contributed by atoms with E-state index in [0.29, 0.717) is 13.1 Å². The number of aliphatic imine (C=N–C) groups is 1. The van der Waals surface area contributed by atoms with Gasteiger partial charge in [0.05, 0.1) is 7.11 Å². The number of aryl methyl sites for hydroxylation is 1. The zero-order valence-electron chi connectivity index (χ0n) is 16.2. The third-order valence-corrected chi connectivity index (χ3v) is 4.12. The summed E-state index contributed by atoms with van der Waals surface area (Å²) in [5, 5.41) is 10.8. The Kier molecular flexibility index (Phi) is 8.24. The van der Waals surface area contributed by atoms with Gasteiger partial charge in [-0.15, -0.1) is 24.0 Å². The normalized spacial score (nSPS) is 10.9. The number of halogens is 1. The third kappa shape index (κ3) is 5.69. The molecule has 0 saturated carbocycles. The van der Waals surface area contributed by atoms with Crippen molar-refractivity contribution in [3.63, 3.8) is 0 Å². The molecule has 2 N–H and O–H groups in total. The second-order valence-corrected chi connectivity index (χ2v) is 6.07. The van der Waals surface area contributed by atoms with Crippen molar-refractivity contribution in [2.45, 2.75) is 20.0 Å². The minimum atomic E-state index is 0. The number of ether oxygens (including phenoxy) is 1. The number of hydrogen-bond donors (Lipinski definition) is 2. The Hall–Kier alpha value is -2.62. The maximum absolute atomic E-state index is 5.45. The molecule has 1 aromatic carbocycles. The zero-order valence-corrected chi connectivity index (χ0v) is 18.5. The van der Waals surface area contributed by atoms with Crippen LogP contribution in [0.2, 0.25) is 0 Å². The van der Waals surface area contributed by atoms with E-state index in [4.69, 9.17) is 4.74 Å². The van der Waals surface area contributed by atoms with Crippen molar-refractivity contribution >= 4 is 29.9 Å². The van der Waals surface area contributed by atoms with Crippen LogP contribution in [0.3, 0.4) is 0 Å². The first-order valence-corrected chi connectivity index (χ1v) is 8.72. The summed E-state index contributed by atoms with van der Waals surface area (Å²) in [7, 11) is 3.44. The number of guanidine groups is 1. The molecule has 28 heavy (non-hydrogen) atoms. The Balaban J connectivity index is 0.00000280. The predicted molar refractivity (Wildman–Crippen MR) is 122 cm³/mol. The molecule has 0 atom stereocenters. The quantitative estimate of drug-likeness (QED) is 0.314. The van der Waals surface area contributed by atoms with Gasteiger partial charge in [0.25, 0.3) is 0 Å². The number of hydrogen-bond acceptors (Lipinski definition) is 4. The van der Waals surface area contributed by atoms with E-state index in [0.717, 1.165) is 28.7 Å². The molecule has 2 heterocycles. The lowest BCUT2D eigenvalue weighted by atomic mass is 10.1. The molecular formula is C20H25IN6O. The summed E-state index contributed by atoms with van der Waals surface area (Å²) in [6, 6.07) is 12.0. The zero-order chi connectivity index (χ0) is 19.1. The first-order chi connectivity index (χ1) is 13.2. The molecule has 0 bridgehead atoms. The maximum atomic E-state index is 5.45. The fraction of sp³-hybridized carbons (Fsp3) is 0.250. The number of methoxy groups -OCH3 is 1. The molecule has 0 fully saturated rings. The van der Waals surface area contributed by atoms with Crippen LogP contribution in [0, 0.1) is 6.92 Å².